The van der Waals surface area contributed by atoms with Crippen molar-refractivity contribution in [1.29, 1.82) is 0 Å². The molecule has 1 amide bonds. The highest BCUT2D eigenvalue weighted by Gasteiger charge is 2.43. The van der Waals surface area contributed by atoms with E-state index in [2.05, 4.69) is 10.3 Å². The van der Waals surface area contributed by atoms with E-state index in [4.69, 9.17) is 5.11 Å². The Kier molecular flexibility index (Phi) is 2.49. The van der Waals surface area contributed by atoms with Gasteiger partial charge in [-0.25, -0.2) is 4.68 Å². The van der Waals surface area contributed by atoms with Gasteiger partial charge < -0.3 is 5.11 Å². The number of β-lactam (4-membered cyclic amide) rings is 1. The number of fused-ring (bicyclic) bond motifs is 1. The zero-order valence-electron chi connectivity index (χ0n) is 8.85. The van der Waals surface area contributed by atoms with Crippen LogP contribution in [-0.2, 0) is 11.3 Å². The summed E-state index contributed by atoms with van der Waals surface area (Å²) in [6, 6.07) is 0. The highest BCUT2D eigenvalue weighted by molar-refractivity contribution is 8.03. The lowest BCUT2D eigenvalue weighted by Crippen LogP contribution is -2.47. The Hall–Kier alpha value is -1.60. The molecule has 3 heterocycles. The van der Waals surface area contributed by atoms with Crippen molar-refractivity contribution in [2.45, 2.75) is 11.9 Å². The van der Waals surface area contributed by atoms with Crippen LogP contribution in [0.2, 0.25) is 0 Å². The second-order valence-corrected chi connectivity index (χ2v) is 4.71. The molecule has 1 saturated heterocycles. The van der Waals surface area contributed by atoms with Crippen molar-refractivity contribution in [2.75, 3.05) is 6.61 Å². The van der Waals surface area contributed by atoms with Gasteiger partial charge >= 0.3 is 0 Å². The number of rotatable bonds is 3. The maximum atomic E-state index is 11.7. The normalized spacial score (nSPS) is 24.3. The predicted molar refractivity (Wildman–Crippen MR) is 62.4 cm³/mol. The number of thioether (sulfide) groups is 1. The number of nitrogens with zero attached hydrogens (tertiary/aromatic N) is 4. The number of hydrogen-bond acceptors (Lipinski definition) is 5. The molecule has 0 aliphatic carbocycles. The molecule has 2 aliphatic rings. The van der Waals surface area contributed by atoms with Gasteiger partial charge in [0.2, 0.25) is 0 Å². The number of carbonyl (C=O) groups is 1. The Bertz CT molecular complexity index is 522. The molecule has 1 atom stereocenters. The molecule has 1 aromatic rings. The maximum Gasteiger partial charge on any atom is 0.258 e. The van der Waals surface area contributed by atoms with Gasteiger partial charge in [-0.1, -0.05) is 5.21 Å². The molecule has 2 aliphatic heterocycles. The molecule has 1 N–H and O–H groups in total. The molecule has 1 fully saturated rings. The van der Waals surface area contributed by atoms with Gasteiger partial charge in [-0.2, -0.15) is 0 Å². The van der Waals surface area contributed by atoms with Crippen LogP contribution in [-0.4, -0.2) is 42.9 Å². The van der Waals surface area contributed by atoms with E-state index in [-0.39, 0.29) is 17.9 Å². The van der Waals surface area contributed by atoms with Gasteiger partial charge in [0.1, 0.15) is 11.1 Å². The van der Waals surface area contributed by atoms with Crippen LogP contribution >= 0.6 is 11.8 Å². The first-order valence-corrected chi connectivity index (χ1v) is 6.11. The standard InChI is InChI=1S/C10H10N4O2S/c15-3-1-13-6-7(11-12-13)5-8-9(16)14-2-4-17-10(8)14/h2,4-6,10,15H,1,3H2/t10-/m1/s1. The Labute approximate surface area is 102 Å². The first-order chi connectivity index (χ1) is 8.29. The van der Waals surface area contributed by atoms with Crippen LogP contribution in [0.1, 0.15) is 5.69 Å². The summed E-state index contributed by atoms with van der Waals surface area (Å²) < 4.78 is 1.55. The fraction of sp³-hybridized carbons (Fsp3) is 0.300. The topological polar surface area (TPSA) is 71.2 Å². The smallest absolute Gasteiger partial charge is 0.258 e. The SMILES string of the molecule is O=C1C(=Cc2cn(CCO)nn2)[C@H]2SC=CN12. The van der Waals surface area contributed by atoms with Crippen molar-refractivity contribution in [3.05, 3.63) is 29.1 Å². The molecule has 17 heavy (non-hydrogen) atoms. The Morgan fingerprint density at radius 1 is 1.59 bits per heavy atom. The third kappa shape index (κ3) is 1.67. The van der Waals surface area contributed by atoms with Gasteiger partial charge in [0, 0.05) is 6.20 Å². The third-order valence-corrected chi connectivity index (χ3v) is 3.64. The number of hydrogen-bond donors (Lipinski definition) is 1. The molecular formula is C10H10N4O2S. The Morgan fingerprint density at radius 3 is 3.29 bits per heavy atom. The fourth-order valence-electron chi connectivity index (χ4n) is 1.79. The quantitative estimate of drug-likeness (QED) is 0.606. The van der Waals surface area contributed by atoms with E-state index in [1.807, 2.05) is 5.41 Å². The molecule has 0 saturated carbocycles. The number of aliphatic hydroxyl groups is 1. The van der Waals surface area contributed by atoms with Gasteiger partial charge in [0.15, 0.2) is 0 Å². The van der Waals surface area contributed by atoms with Gasteiger partial charge in [-0.05, 0) is 11.5 Å². The van der Waals surface area contributed by atoms with E-state index in [1.165, 1.54) is 0 Å². The lowest BCUT2D eigenvalue weighted by molar-refractivity contribution is -0.130. The molecule has 7 heteroatoms. The van der Waals surface area contributed by atoms with E-state index in [0.29, 0.717) is 12.2 Å². The fourth-order valence-corrected chi connectivity index (χ4v) is 2.75. The van der Waals surface area contributed by atoms with Gasteiger partial charge in [0.25, 0.3) is 5.91 Å². The first kappa shape index (κ1) is 10.5. The van der Waals surface area contributed by atoms with Crippen LogP contribution in [0.15, 0.2) is 23.4 Å². The summed E-state index contributed by atoms with van der Waals surface area (Å²) in [5.41, 5.74) is 1.39. The van der Waals surface area contributed by atoms with E-state index < -0.39 is 0 Å². The molecule has 1 aromatic heterocycles. The minimum Gasteiger partial charge on any atom is -0.394 e. The summed E-state index contributed by atoms with van der Waals surface area (Å²) in [4.78, 5) is 13.4. The summed E-state index contributed by atoms with van der Waals surface area (Å²) in [6.07, 6.45) is 5.26. The molecule has 0 radical (unpaired) electrons. The minimum absolute atomic E-state index is 0.0213. The highest BCUT2D eigenvalue weighted by atomic mass is 32.2. The Morgan fingerprint density at radius 2 is 2.47 bits per heavy atom. The zero-order valence-corrected chi connectivity index (χ0v) is 9.67. The molecule has 6 nitrogen and oxygen atoms in total. The van der Waals surface area contributed by atoms with Crippen molar-refractivity contribution in [3.63, 3.8) is 0 Å². The molecule has 88 valence electrons. The number of aliphatic hydroxyl groups excluding tert-OH is 1. The third-order valence-electron chi connectivity index (χ3n) is 2.62. The van der Waals surface area contributed by atoms with Crippen molar-refractivity contribution < 1.29 is 9.90 Å². The number of carbonyl (C=O) groups excluding carboxylic acids is 1. The molecule has 0 spiro atoms. The first-order valence-electron chi connectivity index (χ1n) is 5.17. The van der Waals surface area contributed by atoms with E-state index >= 15 is 0 Å². The van der Waals surface area contributed by atoms with Crippen LogP contribution in [0, 0.1) is 0 Å². The zero-order chi connectivity index (χ0) is 11.8. The molecule has 0 aromatic carbocycles. The summed E-state index contributed by atoms with van der Waals surface area (Å²) in [7, 11) is 0. The minimum atomic E-state index is 0.0213. The summed E-state index contributed by atoms with van der Waals surface area (Å²) in [6.45, 7) is 0.435. The van der Waals surface area contributed by atoms with Crippen molar-refractivity contribution in [3.8, 4) is 0 Å². The summed E-state index contributed by atoms with van der Waals surface area (Å²) in [5, 5.41) is 18.5. The highest BCUT2D eigenvalue weighted by Crippen LogP contribution is 2.40. The van der Waals surface area contributed by atoms with E-state index in [0.717, 1.165) is 5.57 Å². The molecule has 0 bridgehead atoms. The number of amides is 1. The van der Waals surface area contributed by atoms with Crippen LogP contribution in [0.25, 0.3) is 6.08 Å². The summed E-state index contributed by atoms with van der Waals surface area (Å²) in [5.74, 6) is 0.0213. The van der Waals surface area contributed by atoms with Crippen LogP contribution in [0.4, 0.5) is 0 Å². The van der Waals surface area contributed by atoms with Gasteiger partial charge in [0.05, 0.1) is 24.9 Å². The van der Waals surface area contributed by atoms with E-state index in [9.17, 15) is 4.79 Å². The number of aromatic nitrogens is 3. The van der Waals surface area contributed by atoms with Crippen LogP contribution in [0.3, 0.4) is 0 Å². The van der Waals surface area contributed by atoms with Crippen LogP contribution < -0.4 is 0 Å². The van der Waals surface area contributed by atoms with Crippen LogP contribution in [0.5, 0.6) is 0 Å². The maximum absolute atomic E-state index is 11.7. The monoisotopic (exact) mass is 250 g/mol. The molecular weight excluding hydrogens is 240 g/mol. The van der Waals surface area contributed by atoms with E-state index in [1.54, 1.807) is 39.8 Å². The Balaban J connectivity index is 1.79. The second kappa shape index (κ2) is 4.01. The average Bonchev–Trinajstić information content (AvgIpc) is 2.93. The van der Waals surface area contributed by atoms with Crippen molar-refractivity contribution in [1.82, 2.24) is 19.9 Å². The largest absolute Gasteiger partial charge is 0.394 e. The lowest BCUT2D eigenvalue weighted by atomic mass is 10.1. The lowest BCUT2D eigenvalue weighted by Gasteiger charge is -2.35. The molecule has 3 rings (SSSR count). The molecule has 0 unspecified atom stereocenters. The predicted octanol–water partition coefficient (Wildman–Crippen LogP) is 0.0401. The van der Waals surface area contributed by atoms with Crippen molar-refractivity contribution in [2.24, 2.45) is 0 Å². The summed E-state index contributed by atoms with van der Waals surface area (Å²) >= 11 is 1.60. The average molecular weight is 250 g/mol. The van der Waals surface area contributed by atoms with Gasteiger partial charge in [-0.15, -0.1) is 16.9 Å². The second-order valence-electron chi connectivity index (χ2n) is 3.72. The van der Waals surface area contributed by atoms with Gasteiger partial charge in [-0.3, -0.25) is 9.69 Å². The van der Waals surface area contributed by atoms with Crippen molar-refractivity contribution >= 4 is 23.7 Å².